The number of benzene rings is 1. The molecule has 19 heavy (non-hydrogen) atoms. The summed E-state index contributed by atoms with van der Waals surface area (Å²) in [6.45, 7) is 2.00. The zero-order valence-corrected chi connectivity index (χ0v) is 12.1. The minimum Gasteiger partial charge on any atom is -0.398 e. The van der Waals surface area contributed by atoms with Crippen LogP contribution in [0.15, 0.2) is 35.2 Å². The average Bonchev–Trinajstić information content (AvgIpc) is 2.78. The number of anilines is 1. The highest BCUT2D eigenvalue weighted by molar-refractivity contribution is 7.98. The Bertz CT molecular complexity index is 595. The molecule has 0 atom stereocenters. The third kappa shape index (κ3) is 3.28. The molecule has 0 bridgehead atoms. The molecule has 1 heterocycles. The number of hydrogen-bond acceptors (Lipinski definition) is 5. The Morgan fingerprint density at radius 3 is 2.84 bits per heavy atom. The van der Waals surface area contributed by atoms with Gasteiger partial charge in [-0.1, -0.05) is 12.1 Å². The lowest BCUT2D eigenvalue weighted by Gasteiger charge is -2.04. The van der Waals surface area contributed by atoms with Crippen LogP contribution in [0.2, 0.25) is 0 Å². The third-order valence-corrected chi connectivity index (χ3v) is 4.91. The molecule has 0 aliphatic rings. The predicted octanol–water partition coefficient (Wildman–Crippen LogP) is 2.53. The Morgan fingerprint density at radius 2 is 2.16 bits per heavy atom. The molecule has 1 aromatic heterocycles. The molecule has 1 aromatic carbocycles. The lowest BCUT2D eigenvalue weighted by atomic mass is 10.3. The summed E-state index contributed by atoms with van der Waals surface area (Å²) in [7, 11) is 0. The maximum absolute atomic E-state index is 11.5. The summed E-state index contributed by atoms with van der Waals surface area (Å²) in [6.07, 6.45) is 0. The number of carbonyl (C=O) groups excluding carboxylic acids is 1. The number of hydrogen-bond donors (Lipinski definition) is 3. The van der Waals surface area contributed by atoms with Gasteiger partial charge >= 0.3 is 0 Å². The number of thioether (sulfide) groups is 1. The van der Waals surface area contributed by atoms with E-state index in [1.54, 1.807) is 11.8 Å². The van der Waals surface area contributed by atoms with Gasteiger partial charge in [-0.3, -0.25) is 10.2 Å². The normalized spacial score (nSPS) is 10.4. The summed E-state index contributed by atoms with van der Waals surface area (Å²) in [5, 5.41) is 0. The molecule has 0 radical (unpaired) electrons. The quantitative estimate of drug-likeness (QED) is 0.266. The van der Waals surface area contributed by atoms with Crippen molar-refractivity contribution in [2.45, 2.75) is 17.6 Å². The van der Waals surface area contributed by atoms with Gasteiger partial charge in [0.25, 0.3) is 5.91 Å². The van der Waals surface area contributed by atoms with Crippen LogP contribution in [-0.2, 0) is 5.75 Å². The topological polar surface area (TPSA) is 81.1 Å². The van der Waals surface area contributed by atoms with E-state index in [9.17, 15) is 4.79 Å². The Balaban J connectivity index is 2.10. The Labute approximate surface area is 120 Å². The van der Waals surface area contributed by atoms with Crippen LogP contribution < -0.4 is 17.0 Å². The van der Waals surface area contributed by atoms with Gasteiger partial charge in [0, 0.05) is 21.2 Å². The molecule has 100 valence electrons. The van der Waals surface area contributed by atoms with Gasteiger partial charge in [0.05, 0.1) is 4.88 Å². The number of thiophene rings is 1. The fourth-order valence-electron chi connectivity index (χ4n) is 1.61. The van der Waals surface area contributed by atoms with E-state index in [0.29, 0.717) is 4.88 Å². The molecule has 2 aromatic rings. The van der Waals surface area contributed by atoms with Crippen LogP contribution in [0.1, 0.15) is 20.1 Å². The van der Waals surface area contributed by atoms with E-state index in [4.69, 9.17) is 11.6 Å². The number of nitrogen functional groups attached to an aromatic ring is 2. The van der Waals surface area contributed by atoms with E-state index < -0.39 is 0 Å². The SMILES string of the molecule is Cc1sc(C(=O)NN)cc1CSc1ccccc1N. The summed E-state index contributed by atoms with van der Waals surface area (Å²) in [5.41, 5.74) is 9.96. The van der Waals surface area contributed by atoms with Gasteiger partial charge in [0.2, 0.25) is 0 Å². The van der Waals surface area contributed by atoms with E-state index >= 15 is 0 Å². The van der Waals surface area contributed by atoms with Crippen molar-refractivity contribution >= 4 is 34.7 Å². The van der Waals surface area contributed by atoms with Crippen molar-refractivity contribution < 1.29 is 4.79 Å². The first-order chi connectivity index (χ1) is 9.11. The van der Waals surface area contributed by atoms with Gasteiger partial charge in [-0.15, -0.1) is 23.1 Å². The van der Waals surface area contributed by atoms with Gasteiger partial charge in [0.1, 0.15) is 0 Å². The van der Waals surface area contributed by atoms with Crippen molar-refractivity contribution in [2.75, 3.05) is 5.73 Å². The molecule has 0 spiro atoms. The molecule has 0 aliphatic carbocycles. The van der Waals surface area contributed by atoms with Crippen LogP contribution in [0.5, 0.6) is 0 Å². The molecular formula is C13H15N3OS2. The second-order valence-electron chi connectivity index (χ2n) is 3.99. The van der Waals surface area contributed by atoms with Crippen LogP contribution in [0.25, 0.3) is 0 Å². The predicted molar refractivity (Wildman–Crippen MR) is 81.1 cm³/mol. The maximum atomic E-state index is 11.5. The van der Waals surface area contributed by atoms with Gasteiger partial charge < -0.3 is 5.73 Å². The highest BCUT2D eigenvalue weighted by atomic mass is 32.2. The van der Waals surface area contributed by atoms with Gasteiger partial charge in [-0.2, -0.15) is 0 Å². The summed E-state index contributed by atoms with van der Waals surface area (Å²) in [6, 6.07) is 9.64. The van der Waals surface area contributed by atoms with Crippen molar-refractivity contribution in [3.63, 3.8) is 0 Å². The molecule has 0 aliphatic heterocycles. The molecule has 0 fully saturated rings. The molecule has 6 heteroatoms. The molecule has 0 unspecified atom stereocenters. The summed E-state index contributed by atoms with van der Waals surface area (Å²) in [5.74, 6) is 5.67. The Morgan fingerprint density at radius 1 is 1.42 bits per heavy atom. The summed E-state index contributed by atoms with van der Waals surface area (Å²) >= 11 is 3.12. The van der Waals surface area contributed by atoms with Crippen molar-refractivity contribution in [1.82, 2.24) is 5.43 Å². The van der Waals surface area contributed by atoms with Crippen LogP contribution in [0, 0.1) is 6.92 Å². The molecule has 4 nitrogen and oxygen atoms in total. The second-order valence-corrected chi connectivity index (χ2v) is 6.27. The van der Waals surface area contributed by atoms with E-state index in [1.807, 2.05) is 37.3 Å². The highest BCUT2D eigenvalue weighted by Crippen LogP contribution is 2.31. The minimum absolute atomic E-state index is 0.247. The van der Waals surface area contributed by atoms with Crippen LogP contribution in [-0.4, -0.2) is 5.91 Å². The standard InChI is InChI=1S/C13H15N3OS2/c1-8-9(6-12(19-8)13(17)16-15)7-18-11-5-3-2-4-10(11)14/h2-6H,7,14-15H2,1H3,(H,16,17). The molecule has 0 saturated carbocycles. The summed E-state index contributed by atoms with van der Waals surface area (Å²) in [4.78, 5) is 14.3. The minimum atomic E-state index is -0.247. The van der Waals surface area contributed by atoms with Crippen molar-refractivity contribution in [3.05, 3.63) is 45.6 Å². The Kier molecular flexibility index (Phi) is 4.47. The van der Waals surface area contributed by atoms with Gasteiger partial charge in [-0.25, -0.2) is 5.84 Å². The number of amides is 1. The molecule has 2 rings (SSSR count). The first-order valence-corrected chi connectivity index (χ1v) is 7.49. The molecule has 0 saturated heterocycles. The largest absolute Gasteiger partial charge is 0.398 e. The Hall–Kier alpha value is -1.50. The van der Waals surface area contributed by atoms with Crippen molar-refractivity contribution in [1.29, 1.82) is 0 Å². The van der Waals surface area contributed by atoms with E-state index in [2.05, 4.69) is 5.43 Å². The third-order valence-electron chi connectivity index (χ3n) is 2.68. The van der Waals surface area contributed by atoms with Crippen molar-refractivity contribution in [3.8, 4) is 0 Å². The maximum Gasteiger partial charge on any atom is 0.275 e. The lowest BCUT2D eigenvalue weighted by molar-refractivity contribution is 0.0957. The number of para-hydroxylation sites is 1. The number of carbonyl (C=O) groups is 1. The fourth-order valence-corrected chi connectivity index (χ4v) is 3.67. The number of hydrazine groups is 1. The van der Waals surface area contributed by atoms with Gasteiger partial charge in [0.15, 0.2) is 0 Å². The van der Waals surface area contributed by atoms with E-state index in [1.165, 1.54) is 11.3 Å². The lowest BCUT2D eigenvalue weighted by Crippen LogP contribution is -2.29. The summed E-state index contributed by atoms with van der Waals surface area (Å²) < 4.78 is 0. The van der Waals surface area contributed by atoms with Crippen LogP contribution >= 0.6 is 23.1 Å². The number of nitrogens with two attached hydrogens (primary N) is 2. The average molecular weight is 293 g/mol. The second kappa shape index (κ2) is 6.10. The first-order valence-electron chi connectivity index (χ1n) is 5.69. The number of aryl methyl sites for hydroxylation is 1. The molecule has 1 amide bonds. The number of rotatable bonds is 4. The van der Waals surface area contributed by atoms with Crippen LogP contribution in [0.4, 0.5) is 5.69 Å². The van der Waals surface area contributed by atoms with E-state index in [0.717, 1.165) is 26.8 Å². The smallest absolute Gasteiger partial charge is 0.275 e. The fraction of sp³-hybridized carbons (Fsp3) is 0.154. The molecular weight excluding hydrogens is 278 g/mol. The highest BCUT2D eigenvalue weighted by Gasteiger charge is 2.11. The van der Waals surface area contributed by atoms with Crippen molar-refractivity contribution in [2.24, 2.45) is 5.84 Å². The van der Waals surface area contributed by atoms with Crippen LogP contribution in [0.3, 0.4) is 0 Å². The zero-order valence-electron chi connectivity index (χ0n) is 10.5. The molecule has 5 N–H and O–H groups in total. The zero-order chi connectivity index (χ0) is 13.8. The first kappa shape index (κ1) is 13.9. The van der Waals surface area contributed by atoms with E-state index in [-0.39, 0.29) is 5.91 Å². The van der Waals surface area contributed by atoms with Gasteiger partial charge in [-0.05, 0) is 30.7 Å². The monoisotopic (exact) mass is 293 g/mol. The number of nitrogens with one attached hydrogen (secondary N) is 1.